The van der Waals surface area contributed by atoms with Crippen molar-refractivity contribution in [1.29, 1.82) is 0 Å². The Morgan fingerprint density at radius 3 is 2.21 bits per heavy atom. The molecule has 2 unspecified atom stereocenters. The second-order valence-corrected chi connectivity index (χ2v) is 8.71. The van der Waals surface area contributed by atoms with Gasteiger partial charge >= 0.3 is 0 Å². The first-order valence-corrected chi connectivity index (χ1v) is 9.64. The average Bonchev–Trinajstić information content (AvgIpc) is 3.18. The van der Waals surface area contributed by atoms with Crippen LogP contribution < -0.4 is 5.32 Å². The summed E-state index contributed by atoms with van der Waals surface area (Å²) < 4.78 is 0.128. The van der Waals surface area contributed by atoms with Crippen LogP contribution in [0.1, 0.15) is 45.7 Å². The second kappa shape index (κ2) is 6.57. The second-order valence-electron chi connectivity index (χ2n) is 7.70. The summed E-state index contributed by atoms with van der Waals surface area (Å²) in [6.45, 7) is 3.92. The van der Waals surface area contributed by atoms with E-state index in [0.29, 0.717) is 22.4 Å². The lowest BCUT2D eigenvalue weighted by Crippen LogP contribution is -2.25. The molecule has 0 bridgehead atoms. The zero-order valence-electron chi connectivity index (χ0n) is 15.3. The van der Waals surface area contributed by atoms with Crippen molar-refractivity contribution in [2.75, 3.05) is 5.32 Å². The number of hydrogen-bond acceptors (Lipinski definition) is 3. The molecular weight excluding hydrogens is 397 g/mol. The van der Waals surface area contributed by atoms with Gasteiger partial charge in [0.15, 0.2) is 11.6 Å². The maximum Gasteiger partial charge on any atom is 0.228 e. The van der Waals surface area contributed by atoms with E-state index in [1.165, 1.54) is 0 Å². The van der Waals surface area contributed by atoms with E-state index in [9.17, 15) is 14.4 Å². The Morgan fingerprint density at radius 2 is 1.57 bits per heavy atom. The summed E-state index contributed by atoms with van der Waals surface area (Å²) >= 11 is 11.5. The van der Waals surface area contributed by atoms with Gasteiger partial charge in [0.05, 0.1) is 17.2 Å². The van der Waals surface area contributed by atoms with Crippen molar-refractivity contribution in [1.82, 2.24) is 0 Å². The molecule has 28 heavy (non-hydrogen) atoms. The molecule has 4 nitrogen and oxygen atoms in total. The first-order chi connectivity index (χ1) is 13.2. The van der Waals surface area contributed by atoms with E-state index in [1.807, 2.05) is 13.8 Å². The average molecular weight is 414 g/mol. The van der Waals surface area contributed by atoms with Gasteiger partial charge in [-0.05, 0) is 23.5 Å². The maximum atomic E-state index is 13.0. The number of benzene rings is 2. The Bertz CT molecular complexity index is 1070. The van der Waals surface area contributed by atoms with E-state index >= 15 is 0 Å². The lowest BCUT2D eigenvalue weighted by Gasteiger charge is -2.20. The monoisotopic (exact) mass is 413 g/mol. The number of fused-ring (bicyclic) bond motifs is 2. The summed E-state index contributed by atoms with van der Waals surface area (Å²) in [5.41, 5.74) is 1.33. The smallest absolute Gasteiger partial charge is 0.228 e. The fourth-order valence-electron chi connectivity index (χ4n) is 4.08. The summed E-state index contributed by atoms with van der Waals surface area (Å²) in [6, 6.07) is 11.6. The minimum absolute atomic E-state index is 0.0879. The zero-order valence-corrected chi connectivity index (χ0v) is 16.8. The van der Waals surface area contributed by atoms with Crippen molar-refractivity contribution >= 4 is 46.4 Å². The Hall–Kier alpha value is -2.43. The fourth-order valence-corrected chi connectivity index (χ4v) is 4.36. The summed E-state index contributed by atoms with van der Waals surface area (Å²) in [5, 5.41) is 2.85. The molecule has 4 rings (SSSR count). The van der Waals surface area contributed by atoms with Gasteiger partial charge in [0.2, 0.25) is 5.91 Å². The van der Waals surface area contributed by atoms with Crippen molar-refractivity contribution in [3.8, 4) is 0 Å². The number of hydrogen-bond donors (Lipinski definition) is 1. The van der Waals surface area contributed by atoms with Crippen molar-refractivity contribution in [3.05, 3.63) is 75.3 Å². The van der Waals surface area contributed by atoms with Crippen LogP contribution in [0, 0.1) is 17.3 Å². The first kappa shape index (κ1) is 18.9. The molecule has 0 radical (unpaired) electrons. The van der Waals surface area contributed by atoms with Crippen molar-refractivity contribution in [3.63, 3.8) is 0 Å². The number of rotatable bonds is 3. The van der Waals surface area contributed by atoms with Crippen LogP contribution in [0.25, 0.3) is 0 Å². The van der Waals surface area contributed by atoms with Crippen LogP contribution in [0.2, 0.25) is 0 Å². The molecule has 1 saturated carbocycles. The molecule has 0 saturated heterocycles. The highest BCUT2D eigenvalue weighted by Crippen LogP contribution is 2.60. The van der Waals surface area contributed by atoms with Gasteiger partial charge in [-0.2, -0.15) is 0 Å². The molecule has 0 aliphatic heterocycles. The number of nitrogens with one attached hydrogen (secondary N) is 1. The Morgan fingerprint density at radius 1 is 0.964 bits per heavy atom. The number of ketones is 2. The molecule has 2 atom stereocenters. The first-order valence-electron chi connectivity index (χ1n) is 8.88. The van der Waals surface area contributed by atoms with Crippen LogP contribution in [0.5, 0.6) is 0 Å². The summed E-state index contributed by atoms with van der Waals surface area (Å²) in [6.07, 6.45) is 1.67. The normalized spacial score (nSPS) is 21.4. The summed E-state index contributed by atoms with van der Waals surface area (Å²) in [5.74, 6) is -1.12. The van der Waals surface area contributed by atoms with E-state index < -0.39 is 0 Å². The minimum atomic E-state index is -0.322. The third kappa shape index (κ3) is 2.88. The lowest BCUT2D eigenvalue weighted by atomic mass is 9.83. The van der Waals surface area contributed by atoms with Crippen LogP contribution >= 0.6 is 23.2 Å². The van der Waals surface area contributed by atoms with E-state index in [1.54, 1.807) is 48.5 Å². The van der Waals surface area contributed by atoms with E-state index in [-0.39, 0.29) is 44.8 Å². The van der Waals surface area contributed by atoms with Gasteiger partial charge in [-0.25, -0.2) is 0 Å². The Labute approximate surface area is 172 Å². The number of allylic oxidation sites excluding steroid dienone is 1. The largest absolute Gasteiger partial charge is 0.325 e. The molecule has 0 aromatic heterocycles. The number of amides is 1. The molecule has 0 spiro atoms. The number of carbonyl (C=O) groups is 3. The lowest BCUT2D eigenvalue weighted by molar-refractivity contribution is -0.118. The third-order valence-electron chi connectivity index (χ3n) is 5.71. The topological polar surface area (TPSA) is 63.2 Å². The zero-order chi connectivity index (χ0) is 20.2. The predicted molar refractivity (Wildman–Crippen MR) is 109 cm³/mol. The summed E-state index contributed by atoms with van der Waals surface area (Å²) in [4.78, 5) is 38.7. The van der Waals surface area contributed by atoms with Crippen LogP contribution in [0.4, 0.5) is 5.69 Å². The van der Waals surface area contributed by atoms with E-state index in [2.05, 4.69) is 5.32 Å². The van der Waals surface area contributed by atoms with Crippen LogP contribution in [0.3, 0.4) is 0 Å². The molecule has 1 amide bonds. The standard InChI is InChI=1S/C22H17Cl2NO3/c1-22(2)14(10-16(23)24)18(22)21(28)25-15-9-5-8-13-17(15)20(27)12-7-4-3-6-11(12)19(13)26/h3-10,14,18H,1-2H3,(H,25,28). The quantitative estimate of drug-likeness (QED) is 0.657. The molecule has 2 aliphatic carbocycles. The minimum Gasteiger partial charge on any atom is -0.325 e. The Kier molecular flexibility index (Phi) is 4.44. The molecule has 2 aliphatic rings. The number of anilines is 1. The molecule has 6 heteroatoms. The molecule has 1 fully saturated rings. The van der Waals surface area contributed by atoms with Gasteiger partial charge in [-0.15, -0.1) is 0 Å². The van der Waals surface area contributed by atoms with Gasteiger partial charge in [0.25, 0.3) is 0 Å². The van der Waals surface area contributed by atoms with Gasteiger partial charge in [0, 0.05) is 16.7 Å². The van der Waals surface area contributed by atoms with Crippen LogP contribution in [0.15, 0.2) is 53.0 Å². The highest BCUT2D eigenvalue weighted by Gasteiger charge is 2.60. The van der Waals surface area contributed by atoms with Gasteiger partial charge in [0.1, 0.15) is 4.49 Å². The van der Waals surface area contributed by atoms with Gasteiger partial charge in [-0.3, -0.25) is 14.4 Å². The van der Waals surface area contributed by atoms with E-state index in [0.717, 1.165) is 0 Å². The molecular formula is C22H17Cl2NO3. The third-order valence-corrected chi connectivity index (χ3v) is 5.96. The van der Waals surface area contributed by atoms with E-state index in [4.69, 9.17) is 23.2 Å². The van der Waals surface area contributed by atoms with Gasteiger partial charge < -0.3 is 5.32 Å². The fraction of sp³-hybridized carbons (Fsp3) is 0.227. The Balaban J connectivity index is 1.69. The molecule has 0 heterocycles. The highest BCUT2D eigenvalue weighted by molar-refractivity contribution is 6.55. The molecule has 2 aromatic carbocycles. The SMILES string of the molecule is CC1(C)C(C=C(Cl)Cl)C1C(=O)Nc1cccc2c1C(=O)c1ccccc1C2=O. The van der Waals surface area contributed by atoms with Crippen LogP contribution in [-0.2, 0) is 4.79 Å². The molecule has 1 N–H and O–H groups in total. The molecule has 2 aromatic rings. The maximum absolute atomic E-state index is 13.0. The predicted octanol–water partition coefficient (Wildman–Crippen LogP) is 4.99. The van der Waals surface area contributed by atoms with Crippen molar-refractivity contribution in [2.24, 2.45) is 17.3 Å². The molecule has 142 valence electrons. The van der Waals surface area contributed by atoms with Crippen molar-refractivity contribution < 1.29 is 14.4 Å². The van der Waals surface area contributed by atoms with Gasteiger partial charge in [-0.1, -0.05) is 73.4 Å². The number of carbonyl (C=O) groups excluding carboxylic acids is 3. The highest BCUT2D eigenvalue weighted by atomic mass is 35.5. The number of halogens is 2. The summed E-state index contributed by atoms with van der Waals surface area (Å²) in [7, 11) is 0. The van der Waals surface area contributed by atoms with Crippen molar-refractivity contribution in [2.45, 2.75) is 13.8 Å². The van der Waals surface area contributed by atoms with Crippen LogP contribution in [-0.4, -0.2) is 17.5 Å².